The molecule has 2 unspecified atom stereocenters. The Morgan fingerprint density at radius 2 is 2.44 bits per heavy atom. The predicted molar refractivity (Wildman–Crippen MR) is 64.7 cm³/mol. The van der Waals surface area contributed by atoms with Crippen molar-refractivity contribution in [1.82, 2.24) is 9.78 Å². The molecule has 0 spiro atoms. The topological polar surface area (TPSA) is 38.0 Å². The van der Waals surface area contributed by atoms with Gasteiger partial charge in [-0.3, -0.25) is 4.68 Å². The molecule has 3 nitrogen and oxygen atoms in total. The summed E-state index contributed by atoms with van der Waals surface area (Å²) in [7, 11) is 0. The van der Waals surface area contributed by atoms with Crippen LogP contribution in [0.1, 0.15) is 45.2 Å². The number of aromatic nitrogens is 2. The van der Waals surface area contributed by atoms with Gasteiger partial charge in [0.25, 0.3) is 0 Å². The summed E-state index contributed by atoms with van der Waals surface area (Å²) in [6.45, 7) is 5.21. The lowest BCUT2D eigenvalue weighted by atomic mass is 9.84. The summed E-state index contributed by atoms with van der Waals surface area (Å²) in [5, 5.41) is 14.8. The van der Waals surface area contributed by atoms with Crippen molar-refractivity contribution in [3.63, 3.8) is 0 Å². The largest absolute Gasteiger partial charge is 0.393 e. The number of aliphatic hydroxyl groups is 1. The van der Waals surface area contributed by atoms with Crippen LogP contribution in [0, 0.1) is 0 Å². The van der Waals surface area contributed by atoms with Crippen molar-refractivity contribution in [2.75, 3.05) is 0 Å². The predicted octanol–water partition coefficient (Wildman–Crippen LogP) is 2.75. The maximum Gasteiger partial charge on any atom is 0.0823 e. The summed E-state index contributed by atoms with van der Waals surface area (Å²) in [6.07, 6.45) is 5.23. The summed E-state index contributed by atoms with van der Waals surface area (Å²) in [5.41, 5.74) is 1.09. The smallest absolute Gasteiger partial charge is 0.0823 e. The van der Waals surface area contributed by atoms with Gasteiger partial charge in [-0.05, 0) is 25.7 Å². The molecule has 16 heavy (non-hydrogen) atoms. The summed E-state index contributed by atoms with van der Waals surface area (Å²) in [6, 6.07) is 0. The second kappa shape index (κ2) is 4.38. The minimum Gasteiger partial charge on any atom is -0.393 e. The van der Waals surface area contributed by atoms with E-state index in [0.717, 1.165) is 42.9 Å². The highest BCUT2D eigenvalue weighted by Gasteiger charge is 2.39. The van der Waals surface area contributed by atoms with Crippen molar-refractivity contribution in [3.05, 3.63) is 16.9 Å². The van der Waals surface area contributed by atoms with E-state index >= 15 is 0 Å². The van der Waals surface area contributed by atoms with Gasteiger partial charge in [-0.25, -0.2) is 0 Å². The van der Waals surface area contributed by atoms with Gasteiger partial charge in [-0.15, -0.1) is 0 Å². The third kappa shape index (κ3) is 1.98. The Hall–Kier alpha value is -0.540. The van der Waals surface area contributed by atoms with E-state index in [0.29, 0.717) is 0 Å². The molecule has 0 aromatic carbocycles. The minimum atomic E-state index is -0.189. The van der Waals surface area contributed by atoms with Crippen LogP contribution in [0.2, 0.25) is 5.02 Å². The molecule has 1 aromatic rings. The number of hydrogen-bond acceptors (Lipinski definition) is 2. The van der Waals surface area contributed by atoms with Crippen LogP contribution < -0.4 is 0 Å². The first kappa shape index (κ1) is 11.9. The van der Waals surface area contributed by atoms with Crippen molar-refractivity contribution in [1.29, 1.82) is 0 Å². The Labute approximate surface area is 101 Å². The molecule has 1 fully saturated rings. The molecule has 2 atom stereocenters. The van der Waals surface area contributed by atoms with E-state index in [1.807, 2.05) is 4.68 Å². The first-order valence-electron chi connectivity index (χ1n) is 5.96. The molecule has 0 saturated heterocycles. The Morgan fingerprint density at radius 3 is 3.00 bits per heavy atom. The second-order valence-electron chi connectivity index (χ2n) is 5.02. The summed E-state index contributed by atoms with van der Waals surface area (Å²) in [4.78, 5) is 0. The van der Waals surface area contributed by atoms with E-state index < -0.39 is 0 Å². The highest BCUT2D eigenvalue weighted by atomic mass is 35.5. The van der Waals surface area contributed by atoms with E-state index in [4.69, 9.17) is 11.6 Å². The first-order chi connectivity index (χ1) is 7.57. The maximum absolute atomic E-state index is 9.70. The average molecular weight is 243 g/mol. The normalized spacial score (nSPS) is 29.9. The van der Waals surface area contributed by atoms with Gasteiger partial charge >= 0.3 is 0 Å². The molecule has 1 aliphatic rings. The van der Waals surface area contributed by atoms with Crippen LogP contribution in [0.15, 0.2) is 6.20 Å². The van der Waals surface area contributed by atoms with Crippen LogP contribution >= 0.6 is 11.6 Å². The molecule has 1 saturated carbocycles. The summed E-state index contributed by atoms with van der Waals surface area (Å²) >= 11 is 6.23. The Morgan fingerprint density at radius 1 is 1.69 bits per heavy atom. The van der Waals surface area contributed by atoms with Gasteiger partial charge in [-0.1, -0.05) is 25.4 Å². The Balaban J connectivity index is 2.34. The van der Waals surface area contributed by atoms with Crippen molar-refractivity contribution < 1.29 is 5.11 Å². The zero-order valence-electron chi connectivity index (χ0n) is 9.91. The van der Waals surface area contributed by atoms with Crippen LogP contribution in [0.25, 0.3) is 0 Å². The van der Waals surface area contributed by atoms with Gasteiger partial charge in [0.15, 0.2) is 0 Å². The third-order valence-corrected chi connectivity index (χ3v) is 3.79. The van der Waals surface area contributed by atoms with Gasteiger partial charge in [0.1, 0.15) is 0 Å². The highest BCUT2D eigenvalue weighted by molar-refractivity contribution is 6.31. The van der Waals surface area contributed by atoms with Crippen LogP contribution in [-0.4, -0.2) is 21.0 Å². The van der Waals surface area contributed by atoms with E-state index in [1.165, 1.54) is 0 Å². The lowest BCUT2D eigenvalue weighted by molar-refractivity contribution is 0.174. The van der Waals surface area contributed by atoms with Crippen molar-refractivity contribution in [3.8, 4) is 0 Å². The molecule has 1 heterocycles. The van der Waals surface area contributed by atoms with Gasteiger partial charge in [0.2, 0.25) is 0 Å². The molecule has 1 aromatic heterocycles. The van der Waals surface area contributed by atoms with Gasteiger partial charge in [0, 0.05) is 12.0 Å². The Bertz CT molecular complexity index is 377. The van der Waals surface area contributed by atoms with Gasteiger partial charge in [0.05, 0.1) is 23.0 Å². The zero-order valence-corrected chi connectivity index (χ0v) is 10.7. The van der Waals surface area contributed by atoms with E-state index in [9.17, 15) is 5.11 Å². The highest BCUT2D eigenvalue weighted by Crippen LogP contribution is 2.43. The number of aryl methyl sites for hydroxylation is 1. The molecule has 0 amide bonds. The summed E-state index contributed by atoms with van der Waals surface area (Å²) in [5.74, 6) is 0. The van der Waals surface area contributed by atoms with Crippen molar-refractivity contribution in [2.45, 2.75) is 57.6 Å². The molecule has 1 N–H and O–H groups in total. The molecule has 0 radical (unpaired) electrons. The molecule has 0 bridgehead atoms. The van der Waals surface area contributed by atoms with Crippen LogP contribution in [-0.2, 0) is 12.0 Å². The van der Waals surface area contributed by atoms with Gasteiger partial charge in [-0.2, -0.15) is 5.10 Å². The van der Waals surface area contributed by atoms with E-state index in [2.05, 4.69) is 18.9 Å². The number of halogens is 1. The number of rotatable bonds is 3. The van der Waals surface area contributed by atoms with Crippen LogP contribution in [0.3, 0.4) is 0 Å². The average Bonchev–Trinajstić information content (AvgIpc) is 2.73. The SMILES string of the molecule is CCCn1ncc(Cl)c1C1(C)CCC(O)C1. The molecule has 0 aliphatic heterocycles. The standard InChI is InChI=1S/C12H19ClN2O/c1-3-6-15-11(10(13)8-14-15)12(2)5-4-9(16)7-12/h8-9,16H,3-7H2,1-2H3. The quantitative estimate of drug-likeness (QED) is 0.885. The molecule has 90 valence electrons. The molecule has 4 heteroatoms. The lowest BCUT2D eigenvalue weighted by Gasteiger charge is -2.25. The Kier molecular flexibility index (Phi) is 3.27. The molecule has 1 aliphatic carbocycles. The molecule has 2 rings (SSSR count). The number of aliphatic hydroxyl groups excluding tert-OH is 1. The van der Waals surface area contributed by atoms with E-state index in [-0.39, 0.29) is 11.5 Å². The molecular weight excluding hydrogens is 224 g/mol. The van der Waals surface area contributed by atoms with Crippen LogP contribution in [0.5, 0.6) is 0 Å². The van der Waals surface area contributed by atoms with Crippen molar-refractivity contribution >= 4 is 11.6 Å². The first-order valence-corrected chi connectivity index (χ1v) is 6.34. The fourth-order valence-corrected chi connectivity index (χ4v) is 3.14. The molecular formula is C12H19ClN2O. The second-order valence-corrected chi connectivity index (χ2v) is 5.43. The number of hydrogen-bond donors (Lipinski definition) is 1. The third-order valence-electron chi connectivity index (χ3n) is 3.52. The van der Waals surface area contributed by atoms with Crippen LogP contribution in [0.4, 0.5) is 0 Å². The maximum atomic E-state index is 9.70. The van der Waals surface area contributed by atoms with Gasteiger partial charge < -0.3 is 5.11 Å². The fourth-order valence-electron chi connectivity index (χ4n) is 2.77. The minimum absolute atomic E-state index is 0.0117. The monoisotopic (exact) mass is 242 g/mol. The summed E-state index contributed by atoms with van der Waals surface area (Å²) < 4.78 is 2.00. The zero-order chi connectivity index (χ0) is 11.8. The van der Waals surface area contributed by atoms with E-state index in [1.54, 1.807) is 6.20 Å². The fraction of sp³-hybridized carbons (Fsp3) is 0.750. The lowest BCUT2D eigenvalue weighted by Crippen LogP contribution is -2.24. The number of nitrogens with zero attached hydrogens (tertiary/aromatic N) is 2. The van der Waals surface area contributed by atoms with Crippen molar-refractivity contribution in [2.24, 2.45) is 0 Å².